The summed E-state index contributed by atoms with van der Waals surface area (Å²) in [5.41, 5.74) is 0.282. The molecular weight excluding hydrogens is 425 g/mol. The highest BCUT2D eigenvalue weighted by molar-refractivity contribution is 14.0. The smallest absolute Gasteiger partial charge is 0.191 e. The SMILES string of the molecule is CCNC(=NCC1(N2CCCCC2)CCN(C)CC1)NC1CC1C.I. The number of likely N-dealkylation sites (tertiary alicyclic amines) is 2. The molecule has 2 N–H and O–H groups in total. The maximum atomic E-state index is 5.06. The molecule has 1 saturated carbocycles. The minimum Gasteiger partial charge on any atom is -0.357 e. The highest BCUT2D eigenvalue weighted by Crippen LogP contribution is 2.32. The summed E-state index contributed by atoms with van der Waals surface area (Å²) in [5.74, 6) is 1.83. The van der Waals surface area contributed by atoms with Crippen LogP contribution in [0.15, 0.2) is 4.99 Å². The van der Waals surface area contributed by atoms with E-state index in [-0.39, 0.29) is 29.5 Å². The summed E-state index contributed by atoms with van der Waals surface area (Å²) < 4.78 is 0. The average Bonchev–Trinajstić information content (AvgIpc) is 3.30. The molecule has 2 atom stereocenters. The van der Waals surface area contributed by atoms with E-state index in [4.69, 9.17) is 4.99 Å². The number of guanidine groups is 1. The molecule has 0 aromatic carbocycles. The molecule has 2 heterocycles. The van der Waals surface area contributed by atoms with E-state index in [0.717, 1.165) is 25.0 Å². The van der Waals surface area contributed by atoms with Crippen molar-refractivity contribution in [2.75, 3.05) is 46.3 Å². The van der Waals surface area contributed by atoms with Gasteiger partial charge in [-0.15, -0.1) is 24.0 Å². The van der Waals surface area contributed by atoms with E-state index in [2.05, 4.69) is 41.3 Å². The Hall–Kier alpha value is -0.0800. The minimum atomic E-state index is 0. The number of hydrogen-bond donors (Lipinski definition) is 2. The second-order valence-corrected chi connectivity index (χ2v) is 8.23. The standard InChI is InChI=1S/C19H37N5.HI/c1-4-20-18(22-17-14-16(17)2)21-15-19(8-12-23(3)13-9-19)24-10-6-5-7-11-24;/h16-17H,4-15H2,1-3H3,(H2,20,21,22);1H. The Morgan fingerprint density at radius 3 is 2.32 bits per heavy atom. The Morgan fingerprint density at radius 2 is 1.76 bits per heavy atom. The molecule has 3 aliphatic rings. The van der Waals surface area contributed by atoms with Gasteiger partial charge in [0.15, 0.2) is 5.96 Å². The predicted octanol–water partition coefficient (Wildman–Crippen LogP) is 2.52. The van der Waals surface area contributed by atoms with E-state index in [1.54, 1.807) is 0 Å². The summed E-state index contributed by atoms with van der Waals surface area (Å²) in [6.45, 7) is 11.3. The van der Waals surface area contributed by atoms with Crippen molar-refractivity contribution in [3.05, 3.63) is 0 Å². The molecule has 0 aromatic heterocycles. The molecule has 1 aliphatic carbocycles. The number of nitrogens with one attached hydrogen (secondary N) is 2. The lowest BCUT2D eigenvalue weighted by Gasteiger charge is -2.49. The van der Waals surface area contributed by atoms with Crippen LogP contribution in [0.5, 0.6) is 0 Å². The van der Waals surface area contributed by atoms with Gasteiger partial charge < -0.3 is 15.5 Å². The zero-order chi connectivity index (χ0) is 17.0. The normalized spacial score (nSPS) is 30.4. The summed E-state index contributed by atoms with van der Waals surface area (Å²) in [4.78, 5) is 10.3. The molecular formula is C19H38IN5. The molecule has 3 rings (SSSR count). The monoisotopic (exact) mass is 463 g/mol. The Bertz CT molecular complexity index is 428. The Morgan fingerprint density at radius 1 is 1.12 bits per heavy atom. The van der Waals surface area contributed by atoms with Crippen LogP contribution in [0.1, 0.15) is 52.4 Å². The van der Waals surface area contributed by atoms with E-state index in [1.807, 2.05) is 0 Å². The second kappa shape index (κ2) is 9.74. The highest BCUT2D eigenvalue weighted by atomic mass is 127. The van der Waals surface area contributed by atoms with E-state index >= 15 is 0 Å². The molecule has 2 saturated heterocycles. The zero-order valence-corrected chi connectivity index (χ0v) is 18.7. The summed E-state index contributed by atoms with van der Waals surface area (Å²) in [6.07, 6.45) is 7.92. The topological polar surface area (TPSA) is 42.9 Å². The van der Waals surface area contributed by atoms with Gasteiger partial charge in [0.25, 0.3) is 0 Å². The van der Waals surface area contributed by atoms with Gasteiger partial charge in [0, 0.05) is 18.1 Å². The van der Waals surface area contributed by atoms with Crippen LogP contribution in [0.3, 0.4) is 0 Å². The Balaban J connectivity index is 0.00000225. The van der Waals surface area contributed by atoms with Crippen molar-refractivity contribution in [1.29, 1.82) is 0 Å². The van der Waals surface area contributed by atoms with Crippen molar-refractivity contribution >= 4 is 29.9 Å². The van der Waals surface area contributed by atoms with Crippen molar-refractivity contribution in [1.82, 2.24) is 20.4 Å². The number of aliphatic imine (C=N–C) groups is 1. The molecule has 2 aliphatic heterocycles. The van der Waals surface area contributed by atoms with Crippen LogP contribution in [0, 0.1) is 5.92 Å². The van der Waals surface area contributed by atoms with Crippen LogP contribution < -0.4 is 10.6 Å². The predicted molar refractivity (Wildman–Crippen MR) is 117 cm³/mol. The maximum Gasteiger partial charge on any atom is 0.191 e. The molecule has 6 heteroatoms. The molecule has 25 heavy (non-hydrogen) atoms. The molecule has 0 aromatic rings. The van der Waals surface area contributed by atoms with E-state index in [1.165, 1.54) is 64.7 Å². The largest absolute Gasteiger partial charge is 0.357 e. The quantitative estimate of drug-likeness (QED) is 0.374. The van der Waals surface area contributed by atoms with Crippen molar-refractivity contribution in [3.63, 3.8) is 0 Å². The van der Waals surface area contributed by atoms with Crippen molar-refractivity contribution in [3.8, 4) is 0 Å². The third-order valence-electron chi connectivity index (χ3n) is 6.25. The first-order valence-corrected chi connectivity index (χ1v) is 10.1. The van der Waals surface area contributed by atoms with Crippen molar-refractivity contribution < 1.29 is 0 Å². The molecule has 3 fully saturated rings. The molecule has 0 bridgehead atoms. The first-order chi connectivity index (χ1) is 11.6. The maximum absolute atomic E-state index is 5.06. The summed E-state index contributed by atoms with van der Waals surface area (Å²) in [7, 11) is 2.25. The molecule has 146 valence electrons. The summed E-state index contributed by atoms with van der Waals surface area (Å²) >= 11 is 0. The molecule has 0 radical (unpaired) electrons. The lowest BCUT2D eigenvalue weighted by atomic mass is 9.84. The van der Waals surface area contributed by atoms with Crippen LogP contribution in [0.2, 0.25) is 0 Å². The first-order valence-electron chi connectivity index (χ1n) is 10.1. The second-order valence-electron chi connectivity index (χ2n) is 8.23. The van der Waals surface area contributed by atoms with E-state index in [9.17, 15) is 0 Å². The van der Waals surface area contributed by atoms with Gasteiger partial charge in [-0.2, -0.15) is 0 Å². The van der Waals surface area contributed by atoms with Crippen LogP contribution in [-0.2, 0) is 0 Å². The lowest BCUT2D eigenvalue weighted by Crippen LogP contribution is -2.58. The van der Waals surface area contributed by atoms with Gasteiger partial charge >= 0.3 is 0 Å². The molecule has 5 nitrogen and oxygen atoms in total. The lowest BCUT2D eigenvalue weighted by molar-refractivity contribution is 0.0208. The fraction of sp³-hybridized carbons (Fsp3) is 0.947. The van der Waals surface area contributed by atoms with Crippen LogP contribution in [0.4, 0.5) is 0 Å². The first kappa shape index (κ1) is 21.2. The molecule has 0 spiro atoms. The Labute approximate surface area is 171 Å². The number of nitrogens with zero attached hydrogens (tertiary/aromatic N) is 3. The van der Waals surface area contributed by atoms with E-state index < -0.39 is 0 Å². The number of halogens is 1. The zero-order valence-electron chi connectivity index (χ0n) is 16.4. The van der Waals surface area contributed by atoms with E-state index in [0.29, 0.717) is 6.04 Å². The van der Waals surface area contributed by atoms with Crippen molar-refractivity contribution in [2.45, 2.75) is 64.0 Å². The van der Waals surface area contributed by atoms with Gasteiger partial charge in [-0.05, 0) is 78.2 Å². The molecule has 2 unspecified atom stereocenters. The number of hydrogen-bond acceptors (Lipinski definition) is 3. The van der Waals surface area contributed by atoms with Gasteiger partial charge in [-0.1, -0.05) is 13.3 Å². The fourth-order valence-corrected chi connectivity index (χ4v) is 4.22. The third kappa shape index (κ3) is 5.70. The fourth-order valence-electron chi connectivity index (χ4n) is 4.22. The van der Waals surface area contributed by atoms with Gasteiger partial charge in [0.2, 0.25) is 0 Å². The molecule has 0 amide bonds. The minimum absolute atomic E-state index is 0. The van der Waals surface area contributed by atoms with Gasteiger partial charge in [-0.3, -0.25) is 9.89 Å². The Kier molecular flexibility index (Phi) is 8.27. The van der Waals surface area contributed by atoms with Crippen molar-refractivity contribution in [2.24, 2.45) is 10.9 Å². The summed E-state index contributed by atoms with van der Waals surface area (Å²) in [6, 6.07) is 0.631. The van der Waals surface area contributed by atoms with Crippen LogP contribution in [-0.4, -0.2) is 73.7 Å². The number of rotatable bonds is 5. The summed E-state index contributed by atoms with van der Waals surface area (Å²) in [5, 5.41) is 7.07. The van der Waals surface area contributed by atoms with Crippen LogP contribution in [0.25, 0.3) is 0 Å². The van der Waals surface area contributed by atoms with Crippen LogP contribution >= 0.6 is 24.0 Å². The average molecular weight is 463 g/mol. The third-order valence-corrected chi connectivity index (χ3v) is 6.25. The highest BCUT2D eigenvalue weighted by Gasteiger charge is 2.40. The number of piperidine rings is 2. The van der Waals surface area contributed by atoms with Gasteiger partial charge in [0.1, 0.15) is 0 Å². The van der Waals surface area contributed by atoms with Gasteiger partial charge in [0.05, 0.1) is 6.54 Å². The van der Waals surface area contributed by atoms with Gasteiger partial charge in [-0.25, -0.2) is 0 Å².